The van der Waals surface area contributed by atoms with Gasteiger partial charge in [0.05, 0.1) is 30.0 Å². The van der Waals surface area contributed by atoms with Crippen LogP contribution >= 0.6 is 11.8 Å². The average molecular weight is 335 g/mol. The lowest BCUT2D eigenvalue weighted by molar-refractivity contribution is -0.137. The maximum atomic E-state index is 11.9. The number of esters is 1. The van der Waals surface area contributed by atoms with Gasteiger partial charge >= 0.3 is 5.97 Å². The number of nitrogens with zero attached hydrogens (tertiary/aromatic N) is 1. The zero-order chi connectivity index (χ0) is 16.8. The van der Waals surface area contributed by atoms with Crippen LogP contribution in [0.3, 0.4) is 0 Å². The zero-order valence-electron chi connectivity index (χ0n) is 13.6. The summed E-state index contributed by atoms with van der Waals surface area (Å²) in [6.07, 6.45) is 1.37. The zero-order valence-corrected chi connectivity index (χ0v) is 14.4. The molecule has 2 rings (SSSR count). The van der Waals surface area contributed by atoms with Crippen molar-refractivity contribution >= 4 is 23.6 Å². The van der Waals surface area contributed by atoms with Crippen molar-refractivity contribution in [3.8, 4) is 5.75 Å². The fourth-order valence-corrected chi connectivity index (χ4v) is 3.12. The summed E-state index contributed by atoms with van der Waals surface area (Å²) in [5, 5.41) is 0.623. The summed E-state index contributed by atoms with van der Waals surface area (Å²) in [6.45, 7) is 6.84. The lowest BCUT2D eigenvalue weighted by Crippen LogP contribution is -2.29. The molecule has 0 radical (unpaired) electrons. The van der Waals surface area contributed by atoms with E-state index in [9.17, 15) is 9.59 Å². The van der Waals surface area contributed by atoms with Gasteiger partial charge in [-0.05, 0) is 38.0 Å². The molecule has 1 saturated heterocycles. The molecule has 0 bridgehead atoms. The molecule has 0 aromatic heterocycles. The first kappa shape index (κ1) is 17.4. The first-order chi connectivity index (χ1) is 11.0. The lowest BCUT2D eigenvalue weighted by atomic mass is 10.1. The van der Waals surface area contributed by atoms with E-state index in [2.05, 4.69) is 0 Å². The van der Waals surface area contributed by atoms with E-state index >= 15 is 0 Å². The molecule has 5 nitrogen and oxygen atoms in total. The normalized spacial score (nSPS) is 16.0. The third-order valence-electron chi connectivity index (χ3n) is 3.35. The number of rotatable bonds is 6. The van der Waals surface area contributed by atoms with Crippen molar-refractivity contribution in [3.05, 3.63) is 40.4 Å². The molecule has 1 amide bonds. The van der Waals surface area contributed by atoms with Gasteiger partial charge in [0.15, 0.2) is 0 Å². The Morgan fingerprint density at radius 2 is 2.17 bits per heavy atom. The summed E-state index contributed by atoms with van der Waals surface area (Å²) in [5.74, 6) is 0.717. The van der Waals surface area contributed by atoms with Crippen LogP contribution < -0.4 is 4.74 Å². The molecule has 124 valence electrons. The molecule has 0 unspecified atom stereocenters. The third-order valence-corrected chi connectivity index (χ3v) is 4.38. The molecule has 1 aliphatic heterocycles. The highest BCUT2D eigenvalue weighted by Crippen LogP contribution is 2.28. The van der Waals surface area contributed by atoms with E-state index in [1.807, 2.05) is 32.0 Å². The molecule has 6 heteroatoms. The largest absolute Gasteiger partial charge is 0.491 e. The van der Waals surface area contributed by atoms with Crippen LogP contribution in [0.5, 0.6) is 5.75 Å². The Bertz CT molecular complexity index is 627. The second kappa shape index (κ2) is 8.06. The van der Waals surface area contributed by atoms with Crippen LogP contribution in [-0.4, -0.2) is 42.3 Å². The molecule has 1 heterocycles. The van der Waals surface area contributed by atoms with E-state index in [0.717, 1.165) is 16.9 Å². The van der Waals surface area contributed by atoms with Crippen molar-refractivity contribution in [2.45, 2.75) is 20.8 Å². The van der Waals surface area contributed by atoms with Crippen LogP contribution in [0.15, 0.2) is 29.3 Å². The number of amides is 1. The molecule has 0 aliphatic carbocycles. The summed E-state index contributed by atoms with van der Waals surface area (Å²) >= 11 is 1.35. The number of aryl methyl sites for hydroxylation is 2. The van der Waals surface area contributed by atoms with E-state index in [0.29, 0.717) is 30.5 Å². The van der Waals surface area contributed by atoms with Crippen molar-refractivity contribution in [2.75, 3.05) is 25.5 Å². The smallest absolute Gasteiger partial charge is 0.333 e. The minimum absolute atomic E-state index is 0.0184. The van der Waals surface area contributed by atoms with Gasteiger partial charge in [0.1, 0.15) is 12.4 Å². The molecule has 1 fully saturated rings. The monoisotopic (exact) mass is 335 g/mol. The van der Waals surface area contributed by atoms with Gasteiger partial charge in [-0.25, -0.2) is 4.79 Å². The number of ether oxygens (including phenoxy) is 2. The quantitative estimate of drug-likeness (QED) is 0.591. The number of hydrogen-bond donors (Lipinski definition) is 0. The first-order valence-corrected chi connectivity index (χ1v) is 8.51. The minimum atomic E-state index is -0.426. The Morgan fingerprint density at radius 1 is 1.39 bits per heavy atom. The Hall–Kier alpha value is -1.95. The Morgan fingerprint density at radius 3 is 2.91 bits per heavy atom. The Kier molecular flexibility index (Phi) is 6.10. The number of hydrogen-bond acceptors (Lipinski definition) is 5. The van der Waals surface area contributed by atoms with Gasteiger partial charge in [-0.2, -0.15) is 0 Å². The highest BCUT2D eigenvalue weighted by molar-refractivity contribution is 8.04. The van der Waals surface area contributed by atoms with Crippen LogP contribution in [-0.2, 0) is 14.3 Å². The van der Waals surface area contributed by atoms with Gasteiger partial charge in [-0.1, -0.05) is 23.9 Å². The van der Waals surface area contributed by atoms with E-state index in [4.69, 9.17) is 9.47 Å². The predicted octanol–water partition coefficient (Wildman–Crippen LogP) is 2.66. The molecule has 0 spiro atoms. The molecule has 23 heavy (non-hydrogen) atoms. The lowest BCUT2D eigenvalue weighted by Gasteiger charge is -2.18. The summed E-state index contributed by atoms with van der Waals surface area (Å²) in [5.41, 5.74) is 2.18. The Labute approximate surface area is 140 Å². The van der Waals surface area contributed by atoms with Crippen molar-refractivity contribution in [2.24, 2.45) is 0 Å². The van der Waals surface area contributed by atoms with Gasteiger partial charge in [0, 0.05) is 0 Å². The molecule has 0 atom stereocenters. The minimum Gasteiger partial charge on any atom is -0.491 e. The van der Waals surface area contributed by atoms with Gasteiger partial charge in [0.25, 0.3) is 0 Å². The molecule has 0 saturated carbocycles. The van der Waals surface area contributed by atoms with Crippen molar-refractivity contribution in [3.63, 3.8) is 0 Å². The second-order valence-corrected chi connectivity index (χ2v) is 6.18. The standard InChI is InChI=1S/C17H21NO4S/c1-4-21-17(20)10-16-18(15(19)11-23-16)7-8-22-14-9-12(2)5-6-13(14)3/h5-6,9-10H,4,7-8,11H2,1-3H3/b16-10-. The number of thioether (sulfide) groups is 1. The summed E-state index contributed by atoms with van der Waals surface area (Å²) in [7, 11) is 0. The number of carbonyl (C=O) groups is 2. The third kappa shape index (κ3) is 4.76. The molecule has 1 aromatic carbocycles. The highest BCUT2D eigenvalue weighted by atomic mass is 32.2. The Balaban J connectivity index is 1.96. The van der Waals surface area contributed by atoms with E-state index in [1.54, 1.807) is 11.8 Å². The fourth-order valence-electron chi connectivity index (χ4n) is 2.16. The predicted molar refractivity (Wildman–Crippen MR) is 90.3 cm³/mol. The van der Waals surface area contributed by atoms with Crippen molar-refractivity contribution in [1.29, 1.82) is 0 Å². The number of benzene rings is 1. The fraction of sp³-hybridized carbons (Fsp3) is 0.412. The van der Waals surface area contributed by atoms with Crippen LogP contribution in [0.25, 0.3) is 0 Å². The van der Waals surface area contributed by atoms with Gasteiger partial charge < -0.3 is 14.4 Å². The highest BCUT2D eigenvalue weighted by Gasteiger charge is 2.27. The van der Waals surface area contributed by atoms with Crippen LogP contribution in [0.4, 0.5) is 0 Å². The molecule has 1 aromatic rings. The molecule has 0 N–H and O–H groups in total. The van der Waals surface area contributed by atoms with Gasteiger partial charge in [-0.15, -0.1) is 0 Å². The SMILES string of the molecule is CCOC(=O)/C=C1\SCC(=O)N1CCOc1cc(C)ccc1C. The maximum Gasteiger partial charge on any atom is 0.333 e. The van der Waals surface area contributed by atoms with Crippen LogP contribution in [0.2, 0.25) is 0 Å². The topological polar surface area (TPSA) is 55.8 Å². The van der Waals surface area contributed by atoms with Crippen molar-refractivity contribution in [1.82, 2.24) is 4.90 Å². The second-order valence-electron chi connectivity index (χ2n) is 5.19. The molecular weight excluding hydrogens is 314 g/mol. The van der Waals surface area contributed by atoms with E-state index in [-0.39, 0.29) is 5.91 Å². The summed E-state index contributed by atoms with van der Waals surface area (Å²) < 4.78 is 10.7. The molecular formula is C17H21NO4S. The maximum absolute atomic E-state index is 11.9. The van der Waals surface area contributed by atoms with Crippen molar-refractivity contribution < 1.29 is 19.1 Å². The van der Waals surface area contributed by atoms with Crippen LogP contribution in [0.1, 0.15) is 18.1 Å². The summed E-state index contributed by atoms with van der Waals surface area (Å²) in [4.78, 5) is 25.1. The first-order valence-electron chi connectivity index (χ1n) is 7.53. The van der Waals surface area contributed by atoms with Gasteiger partial charge in [-0.3, -0.25) is 4.79 Å². The summed E-state index contributed by atoms with van der Waals surface area (Å²) in [6, 6.07) is 6.02. The average Bonchev–Trinajstić information content (AvgIpc) is 2.84. The van der Waals surface area contributed by atoms with Crippen LogP contribution in [0, 0.1) is 13.8 Å². The van der Waals surface area contributed by atoms with Gasteiger partial charge in [0.2, 0.25) is 5.91 Å². The molecule has 1 aliphatic rings. The number of carbonyl (C=O) groups excluding carboxylic acids is 2. The van der Waals surface area contributed by atoms with E-state index < -0.39 is 5.97 Å². The van der Waals surface area contributed by atoms with E-state index in [1.165, 1.54) is 17.8 Å².